The number of carbonyl (C=O) groups is 4. The van der Waals surface area contributed by atoms with Crippen LogP contribution in [0, 0.1) is 23.2 Å². The molecule has 0 aromatic rings. The van der Waals surface area contributed by atoms with Crippen LogP contribution in [-0.2, 0) is 47.6 Å². The molecule has 3 aliphatic carbocycles. The third kappa shape index (κ3) is 3.45. The van der Waals surface area contributed by atoms with Crippen molar-refractivity contribution in [1.82, 2.24) is 0 Å². The fourth-order valence-corrected chi connectivity index (χ4v) is 8.74. The lowest BCUT2D eigenvalue weighted by atomic mass is 9.41. The number of carbonyl (C=O) groups excluding carboxylic acids is 4. The molecule has 5 rings (SSSR count). The van der Waals surface area contributed by atoms with E-state index in [4.69, 9.17) is 28.4 Å². The summed E-state index contributed by atoms with van der Waals surface area (Å²) in [5.74, 6) is -5.68. The zero-order valence-corrected chi connectivity index (χ0v) is 23.7. The largest absolute Gasteiger partial charge is 0.462 e. The van der Waals surface area contributed by atoms with Crippen LogP contribution in [0.5, 0.6) is 0 Å². The van der Waals surface area contributed by atoms with Gasteiger partial charge in [0.1, 0.15) is 23.4 Å². The first-order chi connectivity index (χ1) is 18.0. The van der Waals surface area contributed by atoms with Gasteiger partial charge in [-0.1, -0.05) is 13.8 Å². The summed E-state index contributed by atoms with van der Waals surface area (Å²) in [4.78, 5) is 50.1. The van der Waals surface area contributed by atoms with Crippen molar-refractivity contribution < 1.29 is 52.7 Å². The maximum atomic E-state index is 12.7. The molecule has 0 amide bonds. The third-order valence-corrected chi connectivity index (χ3v) is 10.2. The molecule has 0 aromatic carbocycles. The summed E-state index contributed by atoms with van der Waals surface area (Å²) in [6, 6.07) is 0. The van der Waals surface area contributed by atoms with E-state index in [1.54, 1.807) is 6.92 Å². The number of esters is 4. The zero-order chi connectivity index (χ0) is 28.9. The molecule has 3 saturated carbocycles. The smallest absolute Gasteiger partial charge is 0.333 e. The van der Waals surface area contributed by atoms with E-state index in [1.807, 2.05) is 20.8 Å². The highest BCUT2D eigenvalue weighted by molar-refractivity contribution is 5.87. The maximum absolute atomic E-state index is 12.7. The highest BCUT2D eigenvalue weighted by Gasteiger charge is 2.91. The van der Waals surface area contributed by atoms with Crippen LogP contribution in [0.4, 0.5) is 0 Å². The quantitative estimate of drug-likeness (QED) is 0.304. The van der Waals surface area contributed by atoms with Crippen LogP contribution in [0.1, 0.15) is 68.2 Å². The molecule has 0 unspecified atom stereocenters. The lowest BCUT2D eigenvalue weighted by Crippen LogP contribution is -2.78. The molecule has 1 saturated heterocycles. The minimum atomic E-state index is -1.82. The second-order valence-corrected chi connectivity index (χ2v) is 12.2. The van der Waals surface area contributed by atoms with Crippen molar-refractivity contribution in [2.45, 2.75) is 109 Å². The molecule has 5 aliphatic rings. The predicted molar refractivity (Wildman–Crippen MR) is 132 cm³/mol. The monoisotopic (exact) mass is 550 g/mol. The van der Waals surface area contributed by atoms with Crippen LogP contribution in [0.25, 0.3) is 0 Å². The van der Waals surface area contributed by atoms with Crippen LogP contribution in [0.3, 0.4) is 0 Å². The maximum Gasteiger partial charge on any atom is 0.333 e. The Morgan fingerprint density at radius 2 is 1.67 bits per heavy atom. The van der Waals surface area contributed by atoms with Crippen LogP contribution in [0.2, 0.25) is 0 Å². The number of hydrogen-bond acceptors (Lipinski definition) is 11. The standard InChI is InChI=1S/C28H38O11/c1-9-34-27-12-17-21(25(7,33)18(27)11-20(32)38-27)22(36-15(4)30)23(37-16(5)31)28-24(17,6)19(35-14(3)29)10-13(2)26(28,8)39-28/h11,13,17,19,21-23,33H,9-10,12H2,1-8H3/t13-,17-,19-,21+,22+,23-,24+,25+,26+,27+,28-/m0/s1. The van der Waals surface area contributed by atoms with Gasteiger partial charge in [0.05, 0.1) is 5.60 Å². The average Bonchev–Trinajstić information content (AvgIpc) is 3.31. The Morgan fingerprint density at radius 3 is 2.23 bits per heavy atom. The van der Waals surface area contributed by atoms with Gasteiger partial charge in [-0.3, -0.25) is 14.4 Å². The molecule has 216 valence electrons. The molecule has 11 atom stereocenters. The number of rotatable bonds is 5. The molecule has 1 N–H and O–H groups in total. The first-order valence-electron chi connectivity index (χ1n) is 13.6. The number of fused-ring (bicyclic) bond motifs is 3. The minimum absolute atomic E-state index is 0.0770. The first kappa shape index (κ1) is 28.0. The molecular formula is C28H38O11. The van der Waals surface area contributed by atoms with Gasteiger partial charge in [0, 0.05) is 56.8 Å². The summed E-state index contributed by atoms with van der Waals surface area (Å²) in [5.41, 5.74) is -4.79. The molecule has 0 radical (unpaired) electrons. The average molecular weight is 551 g/mol. The van der Waals surface area contributed by atoms with E-state index in [9.17, 15) is 24.3 Å². The topological polar surface area (TPSA) is 147 Å². The Hall–Kier alpha value is -2.50. The van der Waals surface area contributed by atoms with E-state index < -0.39 is 82.0 Å². The molecule has 2 heterocycles. The highest BCUT2D eigenvalue weighted by Crippen LogP contribution is 2.78. The van der Waals surface area contributed by atoms with Crippen LogP contribution in [-0.4, -0.2) is 76.5 Å². The van der Waals surface area contributed by atoms with Gasteiger partial charge in [-0.25, -0.2) is 4.79 Å². The van der Waals surface area contributed by atoms with Crippen molar-refractivity contribution in [2.24, 2.45) is 23.2 Å². The van der Waals surface area contributed by atoms with Gasteiger partial charge in [0.2, 0.25) is 5.79 Å². The van der Waals surface area contributed by atoms with Crippen molar-refractivity contribution in [3.63, 3.8) is 0 Å². The molecule has 4 fully saturated rings. The van der Waals surface area contributed by atoms with Gasteiger partial charge in [-0.05, 0) is 39.0 Å². The van der Waals surface area contributed by atoms with E-state index in [0.717, 1.165) is 0 Å². The number of ether oxygens (including phenoxy) is 6. The Morgan fingerprint density at radius 1 is 1.05 bits per heavy atom. The lowest BCUT2D eigenvalue weighted by molar-refractivity contribution is -0.299. The second kappa shape index (κ2) is 8.50. The lowest BCUT2D eigenvalue weighted by Gasteiger charge is -2.65. The van der Waals surface area contributed by atoms with Crippen molar-refractivity contribution in [1.29, 1.82) is 0 Å². The molecule has 11 heteroatoms. The minimum Gasteiger partial charge on any atom is -0.462 e. The predicted octanol–water partition coefficient (Wildman–Crippen LogP) is 1.97. The Balaban J connectivity index is 1.80. The van der Waals surface area contributed by atoms with E-state index in [-0.39, 0.29) is 24.5 Å². The summed E-state index contributed by atoms with van der Waals surface area (Å²) in [5, 5.41) is 12.3. The molecule has 1 spiro atoms. The van der Waals surface area contributed by atoms with Gasteiger partial charge in [0.15, 0.2) is 6.10 Å². The second-order valence-electron chi connectivity index (χ2n) is 12.2. The van der Waals surface area contributed by atoms with Gasteiger partial charge in [0.25, 0.3) is 0 Å². The van der Waals surface area contributed by atoms with E-state index in [1.165, 1.54) is 33.8 Å². The first-order valence-corrected chi connectivity index (χ1v) is 13.6. The SMILES string of the molecule is CCO[C@@]12C[C@H]3[C@H]([C@@H](OC(C)=O)[C@H](OC(C)=O)[C@@]45O[C@]4(C)[C@@H](C)C[C@H](OC(C)=O)[C@@]35C)[C@](C)(O)C1=CC(=O)O2. The fourth-order valence-electron chi connectivity index (χ4n) is 8.74. The molecule has 39 heavy (non-hydrogen) atoms. The van der Waals surface area contributed by atoms with Crippen molar-refractivity contribution >= 4 is 23.9 Å². The summed E-state index contributed by atoms with van der Waals surface area (Å²) in [6.07, 6.45) is -1.28. The van der Waals surface area contributed by atoms with E-state index in [2.05, 4.69) is 0 Å². The molecule has 0 bridgehead atoms. The number of epoxide rings is 1. The molecule has 2 aliphatic heterocycles. The van der Waals surface area contributed by atoms with Crippen LogP contribution >= 0.6 is 0 Å². The van der Waals surface area contributed by atoms with Crippen LogP contribution in [0.15, 0.2) is 11.6 Å². The number of aliphatic hydroxyl groups is 1. The Bertz CT molecular complexity index is 1160. The van der Waals surface area contributed by atoms with Crippen molar-refractivity contribution in [3.8, 4) is 0 Å². The number of hydrogen-bond donors (Lipinski definition) is 1. The Labute approximate surface area is 227 Å². The van der Waals surface area contributed by atoms with Crippen LogP contribution < -0.4 is 0 Å². The fraction of sp³-hybridized carbons (Fsp3) is 0.786. The summed E-state index contributed by atoms with van der Waals surface area (Å²) in [6.45, 7) is 13.1. The van der Waals surface area contributed by atoms with E-state index >= 15 is 0 Å². The van der Waals surface area contributed by atoms with Crippen molar-refractivity contribution in [3.05, 3.63) is 11.6 Å². The summed E-state index contributed by atoms with van der Waals surface area (Å²) >= 11 is 0. The van der Waals surface area contributed by atoms with E-state index in [0.29, 0.717) is 6.42 Å². The highest BCUT2D eigenvalue weighted by atomic mass is 16.7. The summed E-state index contributed by atoms with van der Waals surface area (Å²) in [7, 11) is 0. The molecule has 11 nitrogen and oxygen atoms in total. The normalized spacial score (nSPS) is 49.3. The summed E-state index contributed by atoms with van der Waals surface area (Å²) < 4.78 is 36.3. The van der Waals surface area contributed by atoms with Gasteiger partial charge >= 0.3 is 23.9 Å². The molecular weight excluding hydrogens is 512 g/mol. The third-order valence-electron chi connectivity index (χ3n) is 10.2. The zero-order valence-electron chi connectivity index (χ0n) is 23.7. The van der Waals surface area contributed by atoms with Gasteiger partial charge < -0.3 is 33.5 Å². The Kier molecular flexibility index (Phi) is 6.11. The molecule has 0 aromatic heterocycles. The van der Waals surface area contributed by atoms with Crippen molar-refractivity contribution in [2.75, 3.05) is 6.61 Å². The van der Waals surface area contributed by atoms with Gasteiger partial charge in [-0.2, -0.15) is 0 Å². The van der Waals surface area contributed by atoms with Gasteiger partial charge in [-0.15, -0.1) is 0 Å².